The SMILES string of the molecule is COc1cc(C2(c3cc(OC)c(OC)c(OC)c3)CCC/C2=N\O)cc(OC)c1OC. The van der Waals surface area contributed by atoms with Crippen LogP contribution in [0.2, 0.25) is 0 Å². The van der Waals surface area contributed by atoms with E-state index in [-0.39, 0.29) is 0 Å². The lowest BCUT2D eigenvalue weighted by molar-refractivity contribution is 0.313. The predicted molar refractivity (Wildman–Crippen MR) is 116 cm³/mol. The van der Waals surface area contributed by atoms with Crippen LogP contribution in [0.25, 0.3) is 0 Å². The van der Waals surface area contributed by atoms with Gasteiger partial charge in [0.2, 0.25) is 11.5 Å². The summed E-state index contributed by atoms with van der Waals surface area (Å²) in [5, 5.41) is 13.6. The first-order chi connectivity index (χ1) is 15.0. The second-order valence-corrected chi connectivity index (χ2v) is 7.13. The Morgan fingerprint density at radius 2 is 1.06 bits per heavy atom. The third-order valence-corrected chi connectivity index (χ3v) is 5.89. The molecule has 0 bridgehead atoms. The fourth-order valence-corrected chi connectivity index (χ4v) is 4.46. The maximum absolute atomic E-state index is 9.95. The number of hydrogen-bond donors (Lipinski definition) is 1. The minimum atomic E-state index is -0.742. The van der Waals surface area contributed by atoms with Crippen LogP contribution in [0.3, 0.4) is 0 Å². The van der Waals surface area contributed by atoms with Crippen LogP contribution < -0.4 is 28.4 Å². The molecule has 2 aromatic carbocycles. The van der Waals surface area contributed by atoms with Gasteiger partial charge in [-0.15, -0.1) is 0 Å². The first-order valence-electron chi connectivity index (χ1n) is 9.86. The summed E-state index contributed by atoms with van der Waals surface area (Å²) >= 11 is 0. The quantitative estimate of drug-likeness (QED) is 0.498. The molecule has 1 saturated carbocycles. The van der Waals surface area contributed by atoms with Crippen LogP contribution in [0.1, 0.15) is 30.4 Å². The van der Waals surface area contributed by atoms with Crippen molar-refractivity contribution in [1.29, 1.82) is 0 Å². The van der Waals surface area contributed by atoms with Gasteiger partial charge in [-0.25, -0.2) is 0 Å². The van der Waals surface area contributed by atoms with Crippen molar-refractivity contribution >= 4 is 5.71 Å². The smallest absolute Gasteiger partial charge is 0.203 e. The third-order valence-electron chi connectivity index (χ3n) is 5.89. The van der Waals surface area contributed by atoms with Gasteiger partial charge in [0, 0.05) is 0 Å². The van der Waals surface area contributed by atoms with Gasteiger partial charge in [-0.3, -0.25) is 0 Å². The van der Waals surface area contributed by atoms with Crippen molar-refractivity contribution in [1.82, 2.24) is 0 Å². The zero-order valence-electron chi connectivity index (χ0n) is 18.8. The van der Waals surface area contributed by atoms with Crippen molar-refractivity contribution in [3.05, 3.63) is 35.4 Å². The highest BCUT2D eigenvalue weighted by Crippen LogP contribution is 2.52. The summed E-state index contributed by atoms with van der Waals surface area (Å²) in [6, 6.07) is 7.56. The van der Waals surface area contributed by atoms with E-state index < -0.39 is 5.41 Å². The molecule has 0 saturated heterocycles. The molecule has 1 aliphatic rings. The monoisotopic (exact) mass is 431 g/mol. The summed E-state index contributed by atoms with van der Waals surface area (Å²) in [5.74, 6) is 3.07. The summed E-state index contributed by atoms with van der Waals surface area (Å²) in [4.78, 5) is 0. The van der Waals surface area contributed by atoms with Crippen LogP contribution >= 0.6 is 0 Å². The number of rotatable bonds is 8. The van der Waals surface area contributed by atoms with E-state index in [1.54, 1.807) is 42.7 Å². The Labute approximate surface area is 182 Å². The lowest BCUT2D eigenvalue weighted by atomic mass is 9.71. The fraction of sp³-hybridized carbons (Fsp3) is 0.435. The van der Waals surface area contributed by atoms with Crippen LogP contribution in [0.4, 0.5) is 0 Å². The van der Waals surface area contributed by atoms with Crippen LogP contribution in [0.5, 0.6) is 34.5 Å². The number of ether oxygens (including phenoxy) is 6. The number of nitrogens with zero attached hydrogens (tertiary/aromatic N) is 1. The van der Waals surface area contributed by atoms with Gasteiger partial charge < -0.3 is 33.6 Å². The Morgan fingerprint density at radius 3 is 1.35 bits per heavy atom. The number of methoxy groups -OCH3 is 6. The van der Waals surface area contributed by atoms with E-state index in [0.29, 0.717) is 53.1 Å². The highest BCUT2D eigenvalue weighted by molar-refractivity contribution is 6.00. The Balaban J connectivity index is 2.37. The molecule has 31 heavy (non-hydrogen) atoms. The van der Waals surface area contributed by atoms with Crippen molar-refractivity contribution in [2.45, 2.75) is 24.7 Å². The number of benzene rings is 2. The van der Waals surface area contributed by atoms with E-state index in [9.17, 15) is 5.21 Å². The molecule has 0 aliphatic heterocycles. The standard InChI is InChI=1S/C23H29NO7/c1-26-16-10-14(11-17(27-2)21(16)30-5)23(9-7-8-20(23)24-25)15-12-18(28-3)22(31-6)19(13-15)29-4/h10-13,25H,7-9H2,1-6H3/b24-20+. The highest BCUT2D eigenvalue weighted by atomic mass is 16.5. The summed E-state index contributed by atoms with van der Waals surface area (Å²) < 4.78 is 33.3. The normalized spacial score (nSPS) is 16.1. The Kier molecular flexibility index (Phi) is 6.68. The van der Waals surface area contributed by atoms with Gasteiger partial charge in [0.05, 0.1) is 53.8 Å². The molecule has 0 amide bonds. The van der Waals surface area contributed by atoms with E-state index >= 15 is 0 Å². The van der Waals surface area contributed by atoms with Gasteiger partial charge in [-0.2, -0.15) is 0 Å². The molecule has 0 heterocycles. The first kappa shape index (κ1) is 22.4. The maximum Gasteiger partial charge on any atom is 0.203 e. The zero-order chi connectivity index (χ0) is 22.6. The molecular formula is C23H29NO7. The minimum Gasteiger partial charge on any atom is -0.493 e. The summed E-state index contributed by atoms with van der Waals surface area (Å²) in [7, 11) is 9.41. The molecule has 168 valence electrons. The van der Waals surface area contributed by atoms with Gasteiger partial charge in [0.15, 0.2) is 23.0 Å². The lowest BCUT2D eigenvalue weighted by Gasteiger charge is -2.32. The molecule has 0 radical (unpaired) electrons. The van der Waals surface area contributed by atoms with Crippen LogP contribution in [0.15, 0.2) is 29.4 Å². The molecular weight excluding hydrogens is 402 g/mol. The molecule has 1 fully saturated rings. The lowest BCUT2D eigenvalue weighted by Crippen LogP contribution is -2.33. The number of oxime groups is 1. The molecule has 0 spiro atoms. The Bertz CT molecular complexity index is 857. The molecule has 2 aromatic rings. The summed E-state index contributed by atoms with van der Waals surface area (Å²) in [5.41, 5.74) is 1.59. The molecule has 1 aliphatic carbocycles. The largest absolute Gasteiger partial charge is 0.493 e. The van der Waals surface area contributed by atoms with E-state index in [4.69, 9.17) is 28.4 Å². The van der Waals surface area contributed by atoms with Crippen LogP contribution in [-0.2, 0) is 5.41 Å². The van der Waals surface area contributed by atoms with Crippen LogP contribution in [-0.4, -0.2) is 53.6 Å². The first-order valence-corrected chi connectivity index (χ1v) is 9.86. The van der Waals surface area contributed by atoms with Crippen molar-refractivity contribution in [2.75, 3.05) is 42.7 Å². The number of hydrogen-bond acceptors (Lipinski definition) is 8. The molecule has 3 rings (SSSR count). The molecule has 0 unspecified atom stereocenters. The average Bonchev–Trinajstić information content (AvgIpc) is 3.26. The second-order valence-electron chi connectivity index (χ2n) is 7.13. The molecule has 8 heteroatoms. The van der Waals surface area contributed by atoms with E-state index in [1.165, 1.54) is 0 Å². The molecule has 1 N–H and O–H groups in total. The maximum atomic E-state index is 9.95. The molecule has 0 aromatic heterocycles. The third kappa shape index (κ3) is 3.56. The van der Waals surface area contributed by atoms with Crippen molar-refractivity contribution < 1.29 is 33.6 Å². The molecule has 8 nitrogen and oxygen atoms in total. The van der Waals surface area contributed by atoms with Crippen molar-refractivity contribution in [2.24, 2.45) is 5.16 Å². The Hall–Kier alpha value is -3.29. The van der Waals surface area contributed by atoms with Gasteiger partial charge in [-0.05, 0) is 54.7 Å². The predicted octanol–water partition coefficient (Wildman–Crippen LogP) is 4.04. The van der Waals surface area contributed by atoms with Gasteiger partial charge >= 0.3 is 0 Å². The van der Waals surface area contributed by atoms with Gasteiger partial charge in [0.1, 0.15) is 0 Å². The highest BCUT2D eigenvalue weighted by Gasteiger charge is 2.45. The van der Waals surface area contributed by atoms with E-state index in [0.717, 1.165) is 17.5 Å². The van der Waals surface area contributed by atoms with E-state index in [2.05, 4.69) is 5.16 Å². The minimum absolute atomic E-state index is 0.495. The zero-order valence-corrected chi connectivity index (χ0v) is 18.8. The van der Waals surface area contributed by atoms with Gasteiger partial charge in [-0.1, -0.05) is 5.16 Å². The fourth-order valence-electron chi connectivity index (χ4n) is 4.46. The topological polar surface area (TPSA) is 88.0 Å². The van der Waals surface area contributed by atoms with Crippen molar-refractivity contribution in [3.8, 4) is 34.5 Å². The average molecular weight is 431 g/mol. The van der Waals surface area contributed by atoms with E-state index in [1.807, 2.05) is 24.3 Å². The molecule has 0 atom stereocenters. The second kappa shape index (κ2) is 9.24. The summed E-state index contributed by atoms with van der Waals surface area (Å²) in [6.45, 7) is 0. The summed E-state index contributed by atoms with van der Waals surface area (Å²) in [6.07, 6.45) is 2.19. The van der Waals surface area contributed by atoms with Gasteiger partial charge in [0.25, 0.3) is 0 Å². The van der Waals surface area contributed by atoms with Crippen LogP contribution in [0, 0.1) is 0 Å². The van der Waals surface area contributed by atoms with Crippen molar-refractivity contribution in [3.63, 3.8) is 0 Å². The Morgan fingerprint density at radius 1 is 0.677 bits per heavy atom.